The molecule has 0 bridgehead atoms. The predicted molar refractivity (Wildman–Crippen MR) is 279 cm³/mol. The van der Waals surface area contributed by atoms with E-state index in [4.69, 9.17) is 0 Å². The maximum atomic E-state index is 2.52. The molecule has 3 aliphatic rings. The van der Waals surface area contributed by atoms with Gasteiger partial charge in [0.1, 0.15) is 0 Å². The highest BCUT2D eigenvalue weighted by atomic mass is 15.1. The van der Waals surface area contributed by atoms with Gasteiger partial charge in [-0.05, 0) is 132 Å². The average molecular weight is 856 g/mol. The first-order valence-corrected chi connectivity index (χ1v) is 23.7. The molecule has 0 fully saturated rings. The topological polar surface area (TPSA) is 3.24 Å². The van der Waals surface area contributed by atoms with Crippen LogP contribution in [-0.2, 0) is 16.2 Å². The quantitative estimate of drug-likeness (QED) is 0.154. The van der Waals surface area contributed by atoms with Crippen molar-refractivity contribution in [1.82, 2.24) is 0 Å². The van der Waals surface area contributed by atoms with Gasteiger partial charge in [0.25, 0.3) is 0 Å². The van der Waals surface area contributed by atoms with E-state index in [1.165, 1.54) is 100 Å². The van der Waals surface area contributed by atoms with Gasteiger partial charge in [0.15, 0.2) is 0 Å². The zero-order valence-electron chi connectivity index (χ0n) is 38.0. The highest BCUT2D eigenvalue weighted by Gasteiger charge is 2.47. The Bertz CT molecular complexity index is 3510. The summed E-state index contributed by atoms with van der Waals surface area (Å²) in [5, 5.41) is 0. The van der Waals surface area contributed by atoms with E-state index >= 15 is 0 Å². The second kappa shape index (κ2) is 14.8. The van der Waals surface area contributed by atoms with E-state index in [-0.39, 0.29) is 10.8 Å². The number of hydrogen-bond donors (Lipinski definition) is 0. The first-order chi connectivity index (χ1) is 32.9. The van der Waals surface area contributed by atoms with Crippen LogP contribution in [0.5, 0.6) is 0 Å². The molecule has 0 spiro atoms. The molecule has 0 amide bonds. The van der Waals surface area contributed by atoms with Crippen LogP contribution < -0.4 is 4.90 Å². The molecule has 10 aromatic carbocycles. The lowest BCUT2D eigenvalue weighted by Crippen LogP contribution is -2.28. The van der Waals surface area contributed by atoms with Gasteiger partial charge < -0.3 is 4.90 Å². The van der Waals surface area contributed by atoms with Gasteiger partial charge in [-0.2, -0.15) is 0 Å². The predicted octanol–water partition coefficient (Wildman–Crippen LogP) is 16.8. The third-order valence-electron chi connectivity index (χ3n) is 15.7. The molecule has 0 radical (unpaired) electrons. The summed E-state index contributed by atoms with van der Waals surface area (Å²) in [5.74, 6) is 0. The third kappa shape index (κ3) is 5.55. The van der Waals surface area contributed by atoms with E-state index in [1.54, 1.807) is 0 Å². The van der Waals surface area contributed by atoms with Crippen molar-refractivity contribution in [3.63, 3.8) is 0 Å². The van der Waals surface area contributed by atoms with Crippen LogP contribution >= 0.6 is 0 Å². The van der Waals surface area contributed by atoms with Crippen molar-refractivity contribution < 1.29 is 0 Å². The van der Waals surface area contributed by atoms with Crippen molar-refractivity contribution in [2.45, 2.75) is 37.0 Å². The van der Waals surface area contributed by atoms with Crippen molar-refractivity contribution >= 4 is 17.1 Å². The van der Waals surface area contributed by atoms with E-state index in [9.17, 15) is 0 Å². The standard InChI is InChI=1S/C66H49N/c1-64(2)56-29-16-13-26-51(56)53-41-39-50(43-60(53)64)67(62-33-19-32-59-63(62)55-28-15-17-30-57(55)65(59,3)46-20-7-4-8-21-46)49-37-34-44(35-38-49)45-36-40-54-52-27-14-18-31-58(52)66(61(54)42-45,47-22-9-5-10-23-47)48-24-11-6-12-25-48/h4-43H,1-3H3. The minimum absolute atomic E-state index is 0.142. The van der Waals surface area contributed by atoms with E-state index < -0.39 is 5.41 Å². The molecule has 0 aliphatic heterocycles. The molecule has 10 aromatic rings. The van der Waals surface area contributed by atoms with E-state index in [0.717, 1.165) is 11.4 Å². The minimum atomic E-state index is -0.458. The van der Waals surface area contributed by atoms with Gasteiger partial charge >= 0.3 is 0 Å². The first kappa shape index (κ1) is 39.4. The van der Waals surface area contributed by atoms with Crippen LogP contribution in [0.1, 0.15) is 70.8 Å². The molecule has 67 heavy (non-hydrogen) atoms. The fraction of sp³-hybridized carbons (Fsp3) is 0.0909. The Morgan fingerprint density at radius 3 is 1.45 bits per heavy atom. The molecule has 318 valence electrons. The lowest BCUT2D eigenvalue weighted by atomic mass is 9.67. The molecule has 0 aromatic heterocycles. The Morgan fingerprint density at radius 2 is 0.776 bits per heavy atom. The van der Waals surface area contributed by atoms with Gasteiger partial charge in [-0.15, -0.1) is 0 Å². The summed E-state index contributed by atoms with van der Waals surface area (Å²) in [6.07, 6.45) is 0. The van der Waals surface area contributed by atoms with Crippen molar-refractivity contribution in [3.8, 4) is 44.5 Å². The van der Waals surface area contributed by atoms with Crippen LogP contribution in [0, 0.1) is 0 Å². The van der Waals surface area contributed by atoms with Gasteiger partial charge in [0.05, 0.1) is 11.1 Å². The van der Waals surface area contributed by atoms with Gasteiger partial charge in [-0.3, -0.25) is 0 Å². The van der Waals surface area contributed by atoms with Crippen LogP contribution in [0.2, 0.25) is 0 Å². The maximum absolute atomic E-state index is 2.52. The Kier molecular flexibility index (Phi) is 8.67. The highest BCUT2D eigenvalue weighted by molar-refractivity contribution is 5.97. The normalized spacial score (nSPS) is 16.3. The lowest BCUT2D eigenvalue weighted by Gasteiger charge is -2.34. The molecular weight excluding hydrogens is 807 g/mol. The molecule has 1 heteroatoms. The highest BCUT2D eigenvalue weighted by Crippen LogP contribution is 2.59. The van der Waals surface area contributed by atoms with E-state index in [0.29, 0.717) is 0 Å². The second-order valence-electron chi connectivity index (χ2n) is 19.3. The van der Waals surface area contributed by atoms with Gasteiger partial charge in [0.2, 0.25) is 0 Å². The first-order valence-electron chi connectivity index (χ1n) is 23.7. The van der Waals surface area contributed by atoms with Crippen molar-refractivity contribution in [1.29, 1.82) is 0 Å². The summed E-state index contributed by atoms with van der Waals surface area (Å²) in [5.41, 5.74) is 24.6. The van der Waals surface area contributed by atoms with E-state index in [2.05, 4.69) is 268 Å². The SMILES string of the molecule is CC1(C)c2ccccc2-c2ccc(N(c3ccc(-c4ccc5c(c4)C(c4ccccc4)(c4ccccc4)c4ccccc4-5)cc3)c3cccc4c3-c3ccccc3C4(C)c3ccccc3)cc21. The molecule has 0 N–H and O–H groups in total. The van der Waals surface area contributed by atoms with E-state index in [1.807, 2.05) is 0 Å². The average Bonchev–Trinajstić information content (AvgIpc) is 3.93. The fourth-order valence-electron chi connectivity index (χ4n) is 12.5. The third-order valence-corrected chi connectivity index (χ3v) is 15.7. The van der Waals surface area contributed by atoms with Crippen LogP contribution in [-0.4, -0.2) is 0 Å². The Morgan fingerprint density at radius 1 is 0.299 bits per heavy atom. The smallest absolute Gasteiger partial charge is 0.0713 e. The molecule has 1 atom stereocenters. The van der Waals surface area contributed by atoms with Gasteiger partial charge in [0, 0.05) is 27.8 Å². The molecule has 3 aliphatic carbocycles. The maximum Gasteiger partial charge on any atom is 0.0713 e. The summed E-state index contributed by atoms with van der Waals surface area (Å²) in [6, 6.07) is 90.8. The fourth-order valence-corrected chi connectivity index (χ4v) is 12.5. The van der Waals surface area contributed by atoms with Crippen LogP contribution in [0.25, 0.3) is 44.5 Å². The minimum Gasteiger partial charge on any atom is -0.310 e. The number of hydrogen-bond acceptors (Lipinski definition) is 1. The molecule has 1 unspecified atom stereocenters. The molecular formula is C66H49N. The number of benzene rings is 10. The number of nitrogens with zero attached hydrogens (tertiary/aromatic N) is 1. The van der Waals surface area contributed by atoms with Crippen molar-refractivity contribution in [2.24, 2.45) is 0 Å². The molecule has 0 saturated heterocycles. The summed E-state index contributed by atoms with van der Waals surface area (Å²) in [6.45, 7) is 7.16. The monoisotopic (exact) mass is 855 g/mol. The summed E-state index contributed by atoms with van der Waals surface area (Å²) in [7, 11) is 0. The largest absolute Gasteiger partial charge is 0.310 e. The summed E-state index contributed by atoms with van der Waals surface area (Å²) >= 11 is 0. The lowest BCUT2D eigenvalue weighted by molar-refractivity contribution is 0.660. The van der Waals surface area contributed by atoms with Gasteiger partial charge in [-0.25, -0.2) is 0 Å². The number of fused-ring (bicyclic) bond motifs is 9. The van der Waals surface area contributed by atoms with Crippen LogP contribution in [0.3, 0.4) is 0 Å². The number of anilines is 3. The Hall–Kier alpha value is -8.00. The molecule has 1 nitrogen and oxygen atoms in total. The van der Waals surface area contributed by atoms with Crippen LogP contribution in [0.4, 0.5) is 17.1 Å². The van der Waals surface area contributed by atoms with Crippen molar-refractivity contribution in [2.75, 3.05) is 4.90 Å². The summed E-state index contributed by atoms with van der Waals surface area (Å²) in [4.78, 5) is 2.52. The molecule has 0 saturated carbocycles. The second-order valence-corrected chi connectivity index (χ2v) is 19.3. The van der Waals surface area contributed by atoms with Gasteiger partial charge in [-0.1, -0.05) is 220 Å². The zero-order valence-corrected chi connectivity index (χ0v) is 38.0. The van der Waals surface area contributed by atoms with Crippen molar-refractivity contribution in [3.05, 3.63) is 293 Å². The Balaban J connectivity index is 0.994. The Labute approximate surface area is 394 Å². The summed E-state index contributed by atoms with van der Waals surface area (Å²) < 4.78 is 0. The zero-order chi connectivity index (χ0) is 44.9. The molecule has 0 heterocycles. The number of rotatable bonds is 7. The molecule has 13 rings (SSSR count). The van der Waals surface area contributed by atoms with Crippen LogP contribution in [0.15, 0.2) is 243 Å².